The van der Waals surface area contributed by atoms with E-state index in [4.69, 9.17) is 4.74 Å². The molecule has 0 spiro atoms. The van der Waals surface area contributed by atoms with Gasteiger partial charge in [0.1, 0.15) is 12.2 Å². The topological polar surface area (TPSA) is 47.6 Å². The zero-order chi connectivity index (χ0) is 14.1. The second-order valence-corrected chi connectivity index (χ2v) is 6.66. The number of nitrogens with zero attached hydrogens (tertiary/aromatic N) is 2. The van der Waals surface area contributed by atoms with Gasteiger partial charge in [-0.25, -0.2) is 5.11 Å². The molecule has 0 aliphatic carbocycles. The van der Waals surface area contributed by atoms with Crippen LogP contribution < -0.4 is 5.32 Å². The highest BCUT2D eigenvalue weighted by molar-refractivity contribution is 4.98. The van der Waals surface area contributed by atoms with E-state index in [9.17, 15) is 5.11 Å². The van der Waals surface area contributed by atoms with Crippen molar-refractivity contribution in [2.24, 2.45) is 5.92 Å². The minimum Gasteiger partial charge on any atom is -0.371 e. The van der Waals surface area contributed by atoms with Crippen molar-refractivity contribution in [3.05, 3.63) is 0 Å². The van der Waals surface area contributed by atoms with Gasteiger partial charge in [-0.05, 0) is 25.9 Å². The molecule has 3 fully saturated rings. The van der Waals surface area contributed by atoms with E-state index in [1.54, 1.807) is 0 Å². The average molecular weight is 282 g/mol. The maximum atomic E-state index is 11.7. The third kappa shape index (κ3) is 2.88. The molecule has 1 N–H and O–H groups in total. The van der Waals surface area contributed by atoms with Crippen LogP contribution in [0, 0.1) is 5.92 Å². The minimum atomic E-state index is -0.515. The van der Waals surface area contributed by atoms with Gasteiger partial charge in [-0.3, -0.25) is 4.90 Å². The summed E-state index contributed by atoms with van der Waals surface area (Å²) in [7, 11) is 2.20. The summed E-state index contributed by atoms with van der Waals surface area (Å²) in [5, 5.41) is 15.3. The van der Waals surface area contributed by atoms with Gasteiger partial charge in [0.25, 0.3) is 0 Å². The predicted molar refractivity (Wildman–Crippen MR) is 77.3 cm³/mol. The first-order chi connectivity index (χ1) is 9.69. The predicted octanol–water partition coefficient (Wildman–Crippen LogP) is 0.188. The summed E-state index contributed by atoms with van der Waals surface area (Å²) in [5.74, 6) is 0.708. The van der Waals surface area contributed by atoms with Crippen molar-refractivity contribution in [1.29, 1.82) is 0 Å². The molecule has 0 aromatic rings. The zero-order valence-corrected chi connectivity index (χ0v) is 12.8. The van der Waals surface area contributed by atoms with Crippen LogP contribution in [-0.2, 0) is 9.84 Å². The van der Waals surface area contributed by atoms with Gasteiger partial charge in [0.15, 0.2) is 0 Å². The number of rotatable bonds is 3. The van der Waals surface area contributed by atoms with Gasteiger partial charge in [-0.2, -0.15) is 0 Å². The first-order valence-electron chi connectivity index (χ1n) is 8.12. The van der Waals surface area contributed by atoms with Gasteiger partial charge < -0.3 is 15.0 Å². The molecule has 1 radical (unpaired) electrons. The number of likely N-dealkylation sites (N-methyl/N-ethyl adjacent to an activating group) is 1. The van der Waals surface area contributed by atoms with Crippen LogP contribution in [0.5, 0.6) is 0 Å². The molecule has 5 unspecified atom stereocenters. The molecule has 0 bridgehead atoms. The van der Waals surface area contributed by atoms with Gasteiger partial charge in [0.2, 0.25) is 0 Å². The molecule has 0 saturated carbocycles. The third-order valence-electron chi connectivity index (χ3n) is 5.43. The Kier molecular flexibility index (Phi) is 4.62. The molecule has 0 amide bonds. The van der Waals surface area contributed by atoms with Crippen molar-refractivity contribution in [1.82, 2.24) is 15.1 Å². The summed E-state index contributed by atoms with van der Waals surface area (Å²) in [6.07, 6.45) is 1.68. The molecule has 0 aromatic carbocycles. The molecule has 5 nitrogen and oxygen atoms in total. The summed E-state index contributed by atoms with van der Waals surface area (Å²) < 4.78 is 5.50. The van der Waals surface area contributed by atoms with Crippen LogP contribution in [0.25, 0.3) is 0 Å². The molecule has 3 aliphatic rings. The molecule has 115 valence electrons. The number of piperidine rings is 1. The van der Waals surface area contributed by atoms with Gasteiger partial charge >= 0.3 is 0 Å². The van der Waals surface area contributed by atoms with Crippen molar-refractivity contribution in [3.63, 3.8) is 0 Å². The molecule has 3 aliphatic heterocycles. The monoisotopic (exact) mass is 282 g/mol. The molecular formula is C15H28N3O2. The van der Waals surface area contributed by atoms with E-state index in [1.165, 1.54) is 6.42 Å². The molecule has 5 heteroatoms. The quantitative estimate of drug-likeness (QED) is 0.803. The Bertz CT molecular complexity index is 320. The maximum Gasteiger partial charge on any atom is 0.144 e. The third-order valence-corrected chi connectivity index (χ3v) is 5.43. The minimum absolute atomic E-state index is 0.0947. The van der Waals surface area contributed by atoms with Crippen LogP contribution in [0.1, 0.15) is 19.8 Å². The Morgan fingerprint density at radius 1 is 1.25 bits per heavy atom. The first kappa shape index (κ1) is 14.7. The van der Waals surface area contributed by atoms with Gasteiger partial charge in [-0.15, -0.1) is 0 Å². The number of nitrogens with one attached hydrogen (secondary N) is 1. The van der Waals surface area contributed by atoms with Crippen molar-refractivity contribution in [3.8, 4) is 0 Å². The Morgan fingerprint density at radius 2 is 2.00 bits per heavy atom. The highest BCUT2D eigenvalue weighted by Gasteiger charge is 2.43. The van der Waals surface area contributed by atoms with E-state index in [-0.39, 0.29) is 12.1 Å². The number of piperazine rings is 1. The number of ether oxygens (including phenoxy) is 1. The van der Waals surface area contributed by atoms with E-state index < -0.39 is 6.10 Å². The number of hydrogen-bond acceptors (Lipinski definition) is 4. The Labute approximate surface area is 122 Å². The summed E-state index contributed by atoms with van der Waals surface area (Å²) in [6, 6.07) is 0.884. The van der Waals surface area contributed by atoms with Crippen LogP contribution in [0.4, 0.5) is 0 Å². The largest absolute Gasteiger partial charge is 0.371 e. The van der Waals surface area contributed by atoms with E-state index in [1.807, 2.05) is 0 Å². The normalized spacial score (nSPS) is 44.2. The molecule has 5 atom stereocenters. The molecule has 3 rings (SSSR count). The van der Waals surface area contributed by atoms with Gasteiger partial charge in [0.05, 0.1) is 6.61 Å². The second-order valence-electron chi connectivity index (χ2n) is 6.66. The van der Waals surface area contributed by atoms with E-state index >= 15 is 0 Å². The van der Waals surface area contributed by atoms with Crippen molar-refractivity contribution < 1.29 is 9.84 Å². The summed E-state index contributed by atoms with van der Waals surface area (Å²) in [4.78, 5) is 5.05. The van der Waals surface area contributed by atoms with Crippen LogP contribution in [0.3, 0.4) is 0 Å². The Balaban J connectivity index is 1.62. The van der Waals surface area contributed by atoms with Crippen LogP contribution >= 0.6 is 0 Å². The summed E-state index contributed by atoms with van der Waals surface area (Å²) in [6.45, 7) is 8.37. The van der Waals surface area contributed by atoms with Gasteiger partial charge in [-0.1, -0.05) is 13.3 Å². The fourth-order valence-electron chi connectivity index (χ4n) is 3.90. The highest BCUT2D eigenvalue weighted by atomic mass is 16.5. The summed E-state index contributed by atoms with van der Waals surface area (Å²) in [5.41, 5.74) is 0. The fraction of sp³-hybridized carbons (Fsp3) is 1.00. The lowest BCUT2D eigenvalue weighted by atomic mass is 9.82. The van der Waals surface area contributed by atoms with Crippen molar-refractivity contribution in [2.75, 3.05) is 46.4 Å². The van der Waals surface area contributed by atoms with E-state index in [0.717, 1.165) is 39.1 Å². The smallest absolute Gasteiger partial charge is 0.144 e. The van der Waals surface area contributed by atoms with Crippen molar-refractivity contribution in [2.45, 2.75) is 44.1 Å². The number of hydrogen-bond donors (Lipinski definition) is 1. The highest BCUT2D eigenvalue weighted by Crippen LogP contribution is 2.29. The fourth-order valence-corrected chi connectivity index (χ4v) is 3.90. The van der Waals surface area contributed by atoms with Gasteiger partial charge in [0, 0.05) is 38.3 Å². The Morgan fingerprint density at radius 3 is 2.55 bits per heavy atom. The lowest BCUT2D eigenvalue weighted by Gasteiger charge is -2.49. The lowest BCUT2D eigenvalue weighted by Crippen LogP contribution is -2.64. The molecular weight excluding hydrogens is 254 g/mol. The summed E-state index contributed by atoms with van der Waals surface area (Å²) >= 11 is 0. The molecule has 20 heavy (non-hydrogen) atoms. The van der Waals surface area contributed by atoms with Crippen molar-refractivity contribution >= 4 is 0 Å². The molecule has 3 heterocycles. The first-order valence-corrected chi connectivity index (χ1v) is 8.12. The van der Waals surface area contributed by atoms with Crippen LogP contribution in [0.15, 0.2) is 0 Å². The van der Waals surface area contributed by atoms with Crippen LogP contribution in [0.2, 0.25) is 0 Å². The lowest BCUT2D eigenvalue weighted by molar-refractivity contribution is -0.204. The standard InChI is InChI=1S/C15H28N3O2/c1-3-11-9-16-12(15-14(19)10-20-15)8-13(11)18-6-4-17(2)5-7-18/h11-16H,3-10H2,1-2H3. The van der Waals surface area contributed by atoms with E-state index in [2.05, 4.69) is 29.1 Å². The zero-order valence-electron chi connectivity index (χ0n) is 12.8. The second kappa shape index (κ2) is 6.28. The maximum absolute atomic E-state index is 11.7. The van der Waals surface area contributed by atoms with Crippen LogP contribution in [-0.4, -0.2) is 80.5 Å². The average Bonchev–Trinajstić information content (AvgIpc) is 2.46. The SMILES string of the molecule is CCC1CNC(C2OCC2[O])CC1N1CCN(C)CC1. The van der Waals surface area contributed by atoms with E-state index in [0.29, 0.717) is 18.6 Å². The Hall–Kier alpha value is -0.200. The molecule has 3 saturated heterocycles. The molecule has 0 aromatic heterocycles.